The summed E-state index contributed by atoms with van der Waals surface area (Å²) in [7, 11) is -1.54. The zero-order valence-corrected chi connectivity index (χ0v) is 47.0. The van der Waals surface area contributed by atoms with Crippen LogP contribution in [-0.2, 0) is 39.5 Å². The Kier molecular flexibility index (Phi) is 23.4. The van der Waals surface area contributed by atoms with Crippen molar-refractivity contribution in [3.05, 3.63) is 127 Å². The number of methoxy groups -OCH3 is 1. The second kappa shape index (κ2) is 28.3. The number of carbonyl (C=O) groups excluding carboxylic acids is 4. The number of ether oxygens (including phenoxy) is 3. The summed E-state index contributed by atoms with van der Waals surface area (Å²) in [4.78, 5) is 56.6. The third-order valence-electron chi connectivity index (χ3n) is 13.0. The first-order valence-corrected chi connectivity index (χ1v) is 28.6. The zero-order chi connectivity index (χ0) is 53.7. The molecule has 0 saturated carbocycles. The Bertz CT molecular complexity index is 2310. The maximum Gasteiger partial charge on any atom is 0.339 e. The number of amides is 1. The Hall–Kier alpha value is -5.36. The van der Waals surface area contributed by atoms with Gasteiger partial charge in [0.2, 0.25) is 5.91 Å². The first-order chi connectivity index (χ1) is 34.5. The van der Waals surface area contributed by atoms with Gasteiger partial charge in [-0.1, -0.05) is 175 Å². The van der Waals surface area contributed by atoms with Crippen molar-refractivity contribution in [2.75, 3.05) is 13.7 Å². The number of Topliss-reactive ketones (excluding diaryl/α,β-unsaturated/α-hetero) is 1. The van der Waals surface area contributed by atoms with Gasteiger partial charge in [-0.25, -0.2) is 9.59 Å². The molecular formula is C62H87NO9Si. The number of carbonyl (C=O) groups is 4. The van der Waals surface area contributed by atoms with Crippen LogP contribution in [-0.4, -0.2) is 73.6 Å². The van der Waals surface area contributed by atoms with Gasteiger partial charge in [-0.15, -0.1) is 0 Å². The number of allylic oxidation sites excluding steroid dienone is 1. The standard InChI is InChI=1S/C62H87NO9Si/c1-12-13-14-17-22-31-50(64)32-23-18-15-16-19-28-38-54(56(65)63-55(57(66)71-59(2,3)4)45-47-39-41-48(42-40-47)49-30-29-33-51(46-49)69-11)62(68,58(67)72-60(5,6)7)43-44-70-73(61(8,9)10,52-34-24-20-25-35-52)53-36-26-21-27-37-53/h20-21,24-30,33-42,46,54-55,68H,12-19,22-23,31-32,43-45H2,1-11H3,(H,63,65)/b38-28+/t54-,55+,62+/m1/s1. The van der Waals surface area contributed by atoms with Crippen molar-refractivity contribution < 1.29 is 42.9 Å². The van der Waals surface area contributed by atoms with Gasteiger partial charge in [-0.3, -0.25) is 9.59 Å². The summed E-state index contributed by atoms with van der Waals surface area (Å²) in [6, 6.07) is 34.4. The summed E-state index contributed by atoms with van der Waals surface area (Å²) in [5, 5.41) is 17.7. The highest BCUT2D eigenvalue weighted by Gasteiger charge is 2.53. The predicted molar refractivity (Wildman–Crippen MR) is 298 cm³/mol. The molecule has 0 fully saturated rings. The Morgan fingerprint density at radius 2 is 1.22 bits per heavy atom. The minimum atomic E-state index is -3.17. The molecule has 0 radical (unpaired) electrons. The van der Waals surface area contributed by atoms with Gasteiger partial charge in [0.15, 0.2) is 5.60 Å². The highest BCUT2D eigenvalue weighted by molar-refractivity contribution is 6.99. The Balaban J connectivity index is 1.71. The maximum absolute atomic E-state index is 15.2. The van der Waals surface area contributed by atoms with E-state index < -0.39 is 60.0 Å². The van der Waals surface area contributed by atoms with Crippen molar-refractivity contribution >= 4 is 42.3 Å². The first-order valence-electron chi connectivity index (χ1n) is 26.7. The zero-order valence-electron chi connectivity index (χ0n) is 46.0. The largest absolute Gasteiger partial charge is 0.497 e. The van der Waals surface area contributed by atoms with Gasteiger partial charge in [0.25, 0.3) is 8.32 Å². The molecular weight excluding hydrogens is 931 g/mol. The molecule has 0 aromatic heterocycles. The predicted octanol–water partition coefficient (Wildman–Crippen LogP) is 12.2. The van der Waals surface area contributed by atoms with Crippen LogP contribution in [0.4, 0.5) is 0 Å². The molecule has 2 N–H and O–H groups in total. The van der Waals surface area contributed by atoms with Gasteiger partial charge in [-0.05, 0) is 111 Å². The summed E-state index contributed by atoms with van der Waals surface area (Å²) < 4.78 is 24.6. The van der Waals surface area contributed by atoms with Crippen molar-refractivity contribution in [2.45, 2.75) is 187 Å². The Morgan fingerprint density at radius 1 is 0.658 bits per heavy atom. The average molecular weight is 1020 g/mol. The van der Waals surface area contributed by atoms with Crippen molar-refractivity contribution in [1.29, 1.82) is 0 Å². The number of ketones is 1. The topological polar surface area (TPSA) is 137 Å². The fraction of sp³-hybridized carbons (Fsp3) is 0.516. The van der Waals surface area contributed by atoms with E-state index in [1.54, 1.807) is 54.7 Å². The molecule has 398 valence electrons. The minimum Gasteiger partial charge on any atom is -0.497 e. The molecule has 0 bridgehead atoms. The monoisotopic (exact) mass is 1020 g/mol. The molecule has 10 nitrogen and oxygen atoms in total. The van der Waals surface area contributed by atoms with Crippen LogP contribution in [0.1, 0.15) is 158 Å². The highest BCUT2D eigenvalue weighted by atomic mass is 28.4. The summed E-state index contributed by atoms with van der Waals surface area (Å²) in [6.45, 7) is 19.0. The third-order valence-corrected chi connectivity index (χ3v) is 18.1. The Labute approximate surface area is 439 Å². The summed E-state index contributed by atoms with van der Waals surface area (Å²) in [5.74, 6) is -2.85. The van der Waals surface area contributed by atoms with E-state index in [9.17, 15) is 19.5 Å². The molecule has 0 spiro atoms. The van der Waals surface area contributed by atoms with E-state index in [1.807, 2.05) is 91.0 Å². The number of hydrogen-bond donors (Lipinski definition) is 2. The van der Waals surface area contributed by atoms with Crippen molar-refractivity contribution in [3.8, 4) is 16.9 Å². The van der Waals surface area contributed by atoms with Crippen molar-refractivity contribution in [2.24, 2.45) is 5.92 Å². The van der Waals surface area contributed by atoms with E-state index >= 15 is 4.79 Å². The molecule has 4 rings (SSSR count). The number of aliphatic hydroxyl groups is 1. The molecule has 3 atom stereocenters. The molecule has 11 heteroatoms. The molecule has 0 aliphatic rings. The second-order valence-corrected chi connectivity index (χ2v) is 26.8. The van der Waals surface area contributed by atoms with E-state index in [2.05, 4.69) is 57.3 Å². The van der Waals surface area contributed by atoms with Gasteiger partial charge in [0, 0.05) is 32.3 Å². The van der Waals surface area contributed by atoms with E-state index in [0.717, 1.165) is 71.3 Å². The average Bonchev–Trinajstić information content (AvgIpc) is 3.33. The van der Waals surface area contributed by atoms with Gasteiger partial charge >= 0.3 is 11.9 Å². The van der Waals surface area contributed by atoms with Gasteiger partial charge in [0.1, 0.15) is 28.8 Å². The summed E-state index contributed by atoms with van der Waals surface area (Å²) >= 11 is 0. The molecule has 4 aromatic carbocycles. The lowest BCUT2D eigenvalue weighted by Crippen LogP contribution is -2.67. The van der Waals surface area contributed by atoms with Crippen LogP contribution in [0.25, 0.3) is 11.1 Å². The molecule has 4 aromatic rings. The van der Waals surface area contributed by atoms with E-state index in [0.29, 0.717) is 25.0 Å². The second-order valence-electron chi connectivity index (χ2n) is 22.5. The third kappa shape index (κ3) is 18.8. The van der Waals surface area contributed by atoms with Crippen LogP contribution >= 0.6 is 0 Å². The van der Waals surface area contributed by atoms with E-state index in [4.69, 9.17) is 18.6 Å². The van der Waals surface area contributed by atoms with Crippen LogP contribution in [0.3, 0.4) is 0 Å². The first kappa shape index (κ1) is 60.2. The molecule has 0 unspecified atom stereocenters. The molecule has 0 saturated heterocycles. The van der Waals surface area contributed by atoms with Gasteiger partial charge in [0.05, 0.1) is 13.0 Å². The Morgan fingerprint density at radius 3 is 1.75 bits per heavy atom. The molecule has 73 heavy (non-hydrogen) atoms. The quantitative estimate of drug-likeness (QED) is 0.0236. The van der Waals surface area contributed by atoms with Crippen molar-refractivity contribution in [3.63, 3.8) is 0 Å². The number of rotatable bonds is 29. The highest BCUT2D eigenvalue weighted by Crippen LogP contribution is 2.38. The van der Waals surface area contributed by atoms with Crippen LogP contribution < -0.4 is 20.4 Å². The molecule has 1 amide bonds. The number of nitrogens with one attached hydrogen (secondary N) is 1. The van der Waals surface area contributed by atoms with E-state index in [1.165, 1.54) is 19.3 Å². The number of esters is 2. The van der Waals surface area contributed by atoms with Gasteiger partial charge < -0.3 is 29.1 Å². The SMILES string of the molecule is CCCCCCCC(=O)CCCCCC/C=C/[C@H](C(=O)N[C@@H](Cc1ccc(-c2cccc(OC)c2)cc1)C(=O)OC(C)(C)C)[C@@](O)(CCO[Si](c1ccccc1)(c1ccccc1)C(C)(C)C)C(=O)OC(C)(C)C. The lowest BCUT2D eigenvalue weighted by Gasteiger charge is -2.44. The lowest BCUT2D eigenvalue weighted by molar-refractivity contribution is -0.185. The normalized spacial score (nSPS) is 14.0. The molecule has 0 heterocycles. The number of unbranched alkanes of at least 4 members (excludes halogenated alkanes) is 8. The maximum atomic E-state index is 15.2. The van der Waals surface area contributed by atoms with Crippen LogP contribution in [0.2, 0.25) is 5.04 Å². The van der Waals surface area contributed by atoms with Crippen molar-refractivity contribution in [1.82, 2.24) is 5.32 Å². The minimum absolute atomic E-state index is 0.0681. The fourth-order valence-electron chi connectivity index (χ4n) is 9.26. The molecule has 0 aliphatic carbocycles. The van der Waals surface area contributed by atoms with Crippen LogP contribution in [0, 0.1) is 5.92 Å². The smallest absolute Gasteiger partial charge is 0.339 e. The fourth-order valence-corrected chi connectivity index (χ4v) is 13.8. The molecule has 0 aliphatic heterocycles. The summed E-state index contributed by atoms with van der Waals surface area (Å²) in [5.41, 5.74) is -1.71. The number of hydrogen-bond acceptors (Lipinski definition) is 9. The van der Waals surface area contributed by atoms with Gasteiger partial charge in [-0.2, -0.15) is 0 Å². The van der Waals surface area contributed by atoms with Crippen LogP contribution in [0.15, 0.2) is 121 Å². The van der Waals surface area contributed by atoms with Crippen LogP contribution in [0.5, 0.6) is 5.75 Å². The van der Waals surface area contributed by atoms with E-state index in [-0.39, 0.29) is 19.4 Å². The summed E-state index contributed by atoms with van der Waals surface area (Å²) in [6.07, 6.45) is 13.9. The number of benzene rings is 4. The lowest BCUT2D eigenvalue weighted by atomic mass is 9.82.